The fraction of sp³-hybridized carbons (Fsp3) is 0.571. The van der Waals surface area contributed by atoms with Gasteiger partial charge in [0.15, 0.2) is 0 Å². The van der Waals surface area contributed by atoms with Crippen LogP contribution in [0, 0.1) is 11.9 Å². The molecule has 0 aromatic carbocycles. The molecule has 3 nitrogen and oxygen atoms in total. The Morgan fingerprint density at radius 3 is 2.56 bits per heavy atom. The Morgan fingerprint density at radius 2 is 2.06 bits per heavy atom. The Morgan fingerprint density at radius 1 is 1.39 bits per heavy atom. The predicted molar refractivity (Wildman–Crippen MR) is 69.8 cm³/mol. The molecule has 0 aliphatic carbocycles. The first-order valence-corrected chi connectivity index (χ1v) is 6.53. The molecule has 100 valence electrons. The van der Waals surface area contributed by atoms with Crippen LogP contribution < -0.4 is 0 Å². The lowest BCUT2D eigenvalue weighted by Gasteiger charge is -2.25. The monoisotopic (exact) mass is 252 g/mol. The number of amides is 1. The van der Waals surface area contributed by atoms with Gasteiger partial charge < -0.3 is 4.90 Å². The Kier molecular flexibility index (Phi) is 5.75. The Bertz CT molecular complexity index is 391. The molecule has 0 fully saturated rings. The van der Waals surface area contributed by atoms with E-state index >= 15 is 0 Å². The smallest absolute Gasteiger partial charge is 0.258 e. The summed E-state index contributed by atoms with van der Waals surface area (Å²) in [5.41, 5.74) is 0.0605. The van der Waals surface area contributed by atoms with E-state index in [1.54, 1.807) is 11.0 Å². The molecule has 0 unspecified atom stereocenters. The number of carbonyl (C=O) groups is 1. The van der Waals surface area contributed by atoms with E-state index in [1.807, 2.05) is 6.92 Å². The number of hydrogen-bond acceptors (Lipinski definition) is 2. The van der Waals surface area contributed by atoms with Gasteiger partial charge in [-0.1, -0.05) is 26.7 Å². The Hall–Kier alpha value is -1.45. The van der Waals surface area contributed by atoms with Gasteiger partial charge in [0.2, 0.25) is 5.95 Å². The maximum Gasteiger partial charge on any atom is 0.258 e. The van der Waals surface area contributed by atoms with Crippen LogP contribution >= 0.6 is 0 Å². The van der Waals surface area contributed by atoms with Crippen molar-refractivity contribution in [2.45, 2.75) is 33.6 Å². The first-order chi connectivity index (χ1) is 8.63. The second kappa shape index (κ2) is 7.09. The summed E-state index contributed by atoms with van der Waals surface area (Å²) in [7, 11) is 0. The molecular formula is C14H21FN2O. The van der Waals surface area contributed by atoms with Crippen LogP contribution in [-0.4, -0.2) is 28.9 Å². The molecule has 0 aliphatic heterocycles. The molecule has 1 heterocycles. The van der Waals surface area contributed by atoms with Crippen LogP contribution in [0.2, 0.25) is 0 Å². The molecule has 0 spiro atoms. The maximum atomic E-state index is 13.5. The zero-order valence-corrected chi connectivity index (χ0v) is 11.3. The second-order valence-electron chi connectivity index (χ2n) is 4.37. The summed E-state index contributed by atoms with van der Waals surface area (Å²) < 4.78 is 13.5. The van der Waals surface area contributed by atoms with E-state index in [0.29, 0.717) is 19.0 Å². The number of aromatic nitrogens is 1. The summed E-state index contributed by atoms with van der Waals surface area (Å²) in [5.74, 6) is -0.492. The van der Waals surface area contributed by atoms with Gasteiger partial charge in [-0.25, -0.2) is 4.98 Å². The average molecular weight is 252 g/mol. The van der Waals surface area contributed by atoms with Crippen LogP contribution in [0.1, 0.15) is 44.0 Å². The highest BCUT2D eigenvalue weighted by Gasteiger charge is 2.20. The van der Waals surface area contributed by atoms with E-state index in [2.05, 4.69) is 18.8 Å². The van der Waals surface area contributed by atoms with Crippen molar-refractivity contribution in [3.8, 4) is 0 Å². The van der Waals surface area contributed by atoms with Crippen LogP contribution in [0.4, 0.5) is 4.39 Å². The summed E-state index contributed by atoms with van der Waals surface area (Å²) in [6, 6.07) is 3.07. The van der Waals surface area contributed by atoms with Crippen molar-refractivity contribution in [3.05, 3.63) is 29.8 Å². The van der Waals surface area contributed by atoms with Gasteiger partial charge in [-0.05, 0) is 25.0 Å². The Labute approximate surface area is 108 Å². The molecule has 0 atom stereocenters. The number of halogens is 1. The zero-order valence-electron chi connectivity index (χ0n) is 11.3. The summed E-state index contributed by atoms with van der Waals surface area (Å²) in [5, 5.41) is 0. The minimum absolute atomic E-state index is 0.0605. The quantitative estimate of drug-likeness (QED) is 0.729. The largest absolute Gasteiger partial charge is 0.339 e. The summed E-state index contributed by atoms with van der Waals surface area (Å²) in [6.45, 7) is 7.39. The van der Waals surface area contributed by atoms with Crippen molar-refractivity contribution in [2.75, 3.05) is 13.1 Å². The SMILES string of the molecule is CCC(CC)CN(CC)C(=O)c1cccnc1F. The van der Waals surface area contributed by atoms with Crippen LogP contribution in [0.25, 0.3) is 0 Å². The highest BCUT2D eigenvalue weighted by molar-refractivity contribution is 5.94. The van der Waals surface area contributed by atoms with Gasteiger partial charge in [0.1, 0.15) is 0 Å². The predicted octanol–water partition coefficient (Wildman–Crippen LogP) is 3.12. The number of carbonyl (C=O) groups excluding carboxylic acids is 1. The molecule has 0 radical (unpaired) electrons. The van der Waals surface area contributed by atoms with E-state index in [-0.39, 0.29) is 11.5 Å². The molecular weight excluding hydrogens is 231 g/mol. The lowest BCUT2D eigenvalue weighted by atomic mass is 10.0. The topological polar surface area (TPSA) is 33.2 Å². The lowest BCUT2D eigenvalue weighted by molar-refractivity contribution is 0.0729. The highest BCUT2D eigenvalue weighted by Crippen LogP contribution is 2.13. The number of pyridine rings is 1. The first kappa shape index (κ1) is 14.6. The fourth-order valence-corrected chi connectivity index (χ4v) is 1.93. The van der Waals surface area contributed by atoms with E-state index in [9.17, 15) is 9.18 Å². The highest BCUT2D eigenvalue weighted by atomic mass is 19.1. The minimum atomic E-state index is -0.689. The summed E-state index contributed by atoms with van der Waals surface area (Å²) in [6.07, 6.45) is 3.40. The zero-order chi connectivity index (χ0) is 13.5. The van der Waals surface area contributed by atoms with Crippen LogP contribution in [0.3, 0.4) is 0 Å². The third-order valence-electron chi connectivity index (χ3n) is 3.29. The first-order valence-electron chi connectivity index (χ1n) is 6.53. The van der Waals surface area contributed by atoms with Gasteiger partial charge in [0, 0.05) is 19.3 Å². The molecule has 0 saturated carbocycles. The fourth-order valence-electron chi connectivity index (χ4n) is 1.93. The lowest BCUT2D eigenvalue weighted by Crippen LogP contribution is -2.35. The average Bonchev–Trinajstić information content (AvgIpc) is 2.40. The van der Waals surface area contributed by atoms with Gasteiger partial charge in [0.25, 0.3) is 5.91 Å². The van der Waals surface area contributed by atoms with Crippen LogP contribution in [0.5, 0.6) is 0 Å². The van der Waals surface area contributed by atoms with Gasteiger partial charge in [-0.2, -0.15) is 4.39 Å². The van der Waals surface area contributed by atoms with Gasteiger partial charge in [-0.3, -0.25) is 4.79 Å². The van der Waals surface area contributed by atoms with Crippen molar-refractivity contribution in [2.24, 2.45) is 5.92 Å². The molecule has 4 heteroatoms. The summed E-state index contributed by atoms with van der Waals surface area (Å²) >= 11 is 0. The number of nitrogens with zero attached hydrogens (tertiary/aromatic N) is 2. The third-order valence-corrected chi connectivity index (χ3v) is 3.29. The molecule has 0 bridgehead atoms. The van der Waals surface area contributed by atoms with E-state index in [4.69, 9.17) is 0 Å². The molecule has 1 rings (SSSR count). The van der Waals surface area contributed by atoms with E-state index < -0.39 is 5.95 Å². The second-order valence-corrected chi connectivity index (χ2v) is 4.37. The van der Waals surface area contributed by atoms with E-state index in [0.717, 1.165) is 12.8 Å². The molecule has 1 aromatic heterocycles. The molecule has 1 aromatic rings. The molecule has 0 aliphatic rings. The van der Waals surface area contributed by atoms with Crippen LogP contribution in [0.15, 0.2) is 18.3 Å². The maximum absolute atomic E-state index is 13.5. The van der Waals surface area contributed by atoms with Gasteiger partial charge in [0.05, 0.1) is 5.56 Å². The number of hydrogen-bond donors (Lipinski definition) is 0. The van der Waals surface area contributed by atoms with Crippen molar-refractivity contribution in [3.63, 3.8) is 0 Å². The van der Waals surface area contributed by atoms with Gasteiger partial charge in [-0.15, -0.1) is 0 Å². The minimum Gasteiger partial charge on any atom is -0.339 e. The van der Waals surface area contributed by atoms with E-state index in [1.165, 1.54) is 12.3 Å². The Balaban J connectivity index is 2.83. The molecule has 0 N–H and O–H groups in total. The molecule has 1 amide bonds. The van der Waals surface area contributed by atoms with Crippen molar-refractivity contribution < 1.29 is 9.18 Å². The normalized spacial score (nSPS) is 10.7. The van der Waals surface area contributed by atoms with Crippen LogP contribution in [-0.2, 0) is 0 Å². The molecule has 0 saturated heterocycles. The standard InChI is InChI=1S/C14H21FN2O/c1-4-11(5-2)10-17(6-3)14(18)12-8-7-9-16-13(12)15/h7-9,11H,4-6,10H2,1-3H3. The summed E-state index contributed by atoms with van der Waals surface area (Å²) in [4.78, 5) is 17.4. The van der Waals surface area contributed by atoms with Gasteiger partial charge >= 0.3 is 0 Å². The number of rotatable bonds is 6. The van der Waals surface area contributed by atoms with Crippen molar-refractivity contribution in [1.82, 2.24) is 9.88 Å². The molecule has 18 heavy (non-hydrogen) atoms. The van der Waals surface area contributed by atoms with Crippen molar-refractivity contribution in [1.29, 1.82) is 0 Å². The third kappa shape index (κ3) is 3.52. The van der Waals surface area contributed by atoms with Crippen molar-refractivity contribution >= 4 is 5.91 Å².